The van der Waals surface area contributed by atoms with Gasteiger partial charge in [-0.1, -0.05) is 17.3 Å². The first-order valence-corrected chi connectivity index (χ1v) is 12.1. The number of halogens is 1. The molecule has 3 heterocycles. The van der Waals surface area contributed by atoms with Gasteiger partial charge in [-0.15, -0.1) is 5.10 Å². The summed E-state index contributed by atoms with van der Waals surface area (Å²) in [7, 11) is -2.70. The van der Waals surface area contributed by atoms with Gasteiger partial charge in [0.1, 0.15) is 19.3 Å². The first-order valence-electron chi connectivity index (χ1n) is 9.49. The zero-order valence-corrected chi connectivity index (χ0v) is 17.7. The Balaban J connectivity index is 1.52. The summed E-state index contributed by atoms with van der Waals surface area (Å²) < 4.78 is 28.4. The van der Waals surface area contributed by atoms with Crippen LogP contribution in [0.3, 0.4) is 0 Å². The van der Waals surface area contributed by atoms with Crippen molar-refractivity contribution in [1.29, 1.82) is 0 Å². The third-order valence-electron chi connectivity index (χ3n) is 4.95. The van der Waals surface area contributed by atoms with E-state index in [4.69, 9.17) is 0 Å². The molecule has 0 N–H and O–H groups in total. The van der Waals surface area contributed by atoms with Crippen LogP contribution in [0.4, 0.5) is 4.39 Å². The molecule has 154 valence electrons. The number of rotatable bonds is 4. The van der Waals surface area contributed by atoms with Crippen molar-refractivity contribution in [2.45, 2.75) is 6.54 Å². The van der Waals surface area contributed by atoms with Gasteiger partial charge in [-0.2, -0.15) is 0 Å². The number of aromatic nitrogens is 7. The van der Waals surface area contributed by atoms with E-state index < -0.39 is 13.0 Å². The molecule has 31 heavy (non-hydrogen) atoms. The van der Waals surface area contributed by atoms with Crippen LogP contribution in [0.15, 0.2) is 55.1 Å². The maximum absolute atomic E-state index is 14.5. The van der Waals surface area contributed by atoms with Crippen molar-refractivity contribution in [2.75, 3.05) is 13.3 Å². The zero-order valence-electron chi connectivity index (χ0n) is 16.8. The van der Waals surface area contributed by atoms with Gasteiger partial charge < -0.3 is 4.57 Å². The summed E-state index contributed by atoms with van der Waals surface area (Å²) in [6.07, 6.45) is 4.80. The molecule has 0 fully saturated rings. The van der Waals surface area contributed by atoms with Crippen LogP contribution in [0, 0.1) is 5.82 Å². The van der Waals surface area contributed by atoms with E-state index in [1.54, 1.807) is 36.3 Å². The summed E-state index contributed by atoms with van der Waals surface area (Å²) in [5, 5.41) is 9.39. The minimum Gasteiger partial charge on any atom is -0.319 e. The Hall–Kier alpha value is -3.58. The number of hydrogen-bond donors (Lipinski definition) is 0. The molecule has 0 radical (unpaired) electrons. The monoisotopic (exact) mass is 433 g/mol. The fraction of sp³-hybridized carbons (Fsp3) is 0.143. The third-order valence-corrected chi connectivity index (χ3v) is 6.48. The van der Waals surface area contributed by atoms with Crippen molar-refractivity contribution in [3.05, 3.63) is 66.5 Å². The van der Waals surface area contributed by atoms with Gasteiger partial charge in [-0.3, -0.25) is 0 Å². The smallest absolute Gasteiger partial charge is 0.221 e. The van der Waals surface area contributed by atoms with E-state index in [1.807, 2.05) is 18.2 Å². The van der Waals surface area contributed by atoms with Crippen LogP contribution in [0.2, 0.25) is 0 Å². The number of fused-ring (bicyclic) bond motifs is 2. The Bertz CT molecular complexity index is 1490. The van der Waals surface area contributed by atoms with Crippen LogP contribution in [-0.4, -0.2) is 48.3 Å². The molecule has 0 aliphatic heterocycles. The number of benzene rings is 2. The lowest BCUT2D eigenvalue weighted by molar-refractivity contribution is 0.584. The molecular formula is C21H17FN7OP. The van der Waals surface area contributed by atoms with Crippen LogP contribution in [0.1, 0.15) is 5.56 Å². The first kappa shape index (κ1) is 19.4. The van der Waals surface area contributed by atoms with E-state index in [1.165, 1.54) is 18.6 Å². The van der Waals surface area contributed by atoms with Gasteiger partial charge in [0.2, 0.25) is 5.65 Å². The SMILES string of the molecule is CP(C)(=O)c1ccc(-c2cnc3nnn(Cc4ccc5ncncc5c4)c3n2)cc1F. The summed E-state index contributed by atoms with van der Waals surface area (Å²) in [5.74, 6) is -0.516. The van der Waals surface area contributed by atoms with E-state index in [0.717, 1.165) is 16.5 Å². The molecule has 0 atom stereocenters. The summed E-state index contributed by atoms with van der Waals surface area (Å²) in [5.41, 5.74) is 3.76. The quantitative estimate of drug-likeness (QED) is 0.401. The standard InChI is InChI=1S/C21H17FN7OP/c1-31(2,30)19-6-4-14(8-16(19)22)18-10-24-20-21(26-18)29(28-27-20)11-13-3-5-17-15(7-13)9-23-12-25-17/h3-10,12H,11H2,1-2H3. The van der Waals surface area contributed by atoms with Crippen LogP contribution < -0.4 is 5.30 Å². The fourth-order valence-corrected chi connectivity index (χ4v) is 4.42. The Kier molecular flexibility index (Phi) is 4.55. The lowest BCUT2D eigenvalue weighted by atomic mass is 10.1. The molecule has 10 heteroatoms. The molecule has 0 unspecified atom stereocenters. The van der Waals surface area contributed by atoms with Gasteiger partial charge in [0, 0.05) is 22.5 Å². The van der Waals surface area contributed by atoms with Crippen molar-refractivity contribution >= 4 is 34.6 Å². The van der Waals surface area contributed by atoms with Crippen LogP contribution in [0.25, 0.3) is 33.5 Å². The van der Waals surface area contributed by atoms with E-state index >= 15 is 0 Å². The summed E-state index contributed by atoms with van der Waals surface area (Å²) in [6.45, 7) is 3.52. The highest BCUT2D eigenvalue weighted by Gasteiger charge is 2.18. The summed E-state index contributed by atoms with van der Waals surface area (Å²) >= 11 is 0. The molecule has 0 saturated carbocycles. The maximum atomic E-state index is 14.5. The highest BCUT2D eigenvalue weighted by Crippen LogP contribution is 2.36. The predicted molar refractivity (Wildman–Crippen MR) is 116 cm³/mol. The second kappa shape index (κ2) is 7.28. The number of nitrogens with zero attached hydrogens (tertiary/aromatic N) is 7. The van der Waals surface area contributed by atoms with Crippen molar-refractivity contribution in [3.8, 4) is 11.3 Å². The molecule has 0 aliphatic carbocycles. The molecule has 0 saturated heterocycles. The van der Waals surface area contributed by atoms with Crippen molar-refractivity contribution in [2.24, 2.45) is 0 Å². The van der Waals surface area contributed by atoms with E-state index in [-0.39, 0.29) is 5.30 Å². The highest BCUT2D eigenvalue weighted by molar-refractivity contribution is 7.70. The molecule has 0 aliphatic rings. The first-order chi connectivity index (χ1) is 14.9. The Morgan fingerprint density at radius 2 is 1.94 bits per heavy atom. The summed E-state index contributed by atoms with van der Waals surface area (Å²) in [6, 6.07) is 10.5. The lowest BCUT2D eigenvalue weighted by Gasteiger charge is -2.10. The molecular weight excluding hydrogens is 416 g/mol. The average Bonchev–Trinajstić information content (AvgIpc) is 3.14. The van der Waals surface area contributed by atoms with E-state index in [9.17, 15) is 8.96 Å². The molecule has 0 amide bonds. The Labute approximate surface area is 176 Å². The van der Waals surface area contributed by atoms with Gasteiger partial charge >= 0.3 is 0 Å². The lowest BCUT2D eigenvalue weighted by Crippen LogP contribution is -2.08. The molecule has 8 nitrogen and oxygen atoms in total. The third kappa shape index (κ3) is 3.68. The minimum absolute atomic E-state index is 0.220. The predicted octanol–water partition coefficient (Wildman–Crippen LogP) is 3.27. The van der Waals surface area contributed by atoms with Gasteiger partial charge in [0.15, 0.2) is 5.65 Å². The highest BCUT2D eigenvalue weighted by atomic mass is 31.2. The molecule has 5 rings (SSSR count). The molecule has 0 spiro atoms. The summed E-state index contributed by atoms with van der Waals surface area (Å²) in [4.78, 5) is 17.2. The second-order valence-corrected chi connectivity index (χ2v) is 10.8. The van der Waals surface area contributed by atoms with Gasteiger partial charge in [-0.25, -0.2) is 29.0 Å². The second-order valence-electron chi connectivity index (χ2n) is 7.58. The normalized spacial score (nSPS) is 12.0. The van der Waals surface area contributed by atoms with Crippen molar-refractivity contribution in [1.82, 2.24) is 34.9 Å². The van der Waals surface area contributed by atoms with Crippen LogP contribution >= 0.6 is 7.14 Å². The average molecular weight is 433 g/mol. The zero-order chi connectivity index (χ0) is 21.6. The number of hydrogen-bond acceptors (Lipinski definition) is 7. The molecule has 0 bridgehead atoms. The minimum atomic E-state index is -2.70. The van der Waals surface area contributed by atoms with E-state index in [2.05, 4.69) is 30.2 Å². The van der Waals surface area contributed by atoms with Gasteiger partial charge in [0.25, 0.3) is 0 Å². The largest absolute Gasteiger partial charge is 0.319 e. The van der Waals surface area contributed by atoms with Crippen LogP contribution in [-0.2, 0) is 11.1 Å². The molecule has 5 aromatic rings. The Morgan fingerprint density at radius 3 is 2.74 bits per heavy atom. The van der Waals surface area contributed by atoms with E-state index in [0.29, 0.717) is 29.1 Å². The van der Waals surface area contributed by atoms with Crippen LogP contribution in [0.5, 0.6) is 0 Å². The molecule has 3 aromatic heterocycles. The Morgan fingerprint density at radius 1 is 1.06 bits per heavy atom. The van der Waals surface area contributed by atoms with Crippen molar-refractivity contribution < 1.29 is 8.96 Å². The van der Waals surface area contributed by atoms with Gasteiger partial charge in [-0.05, 0) is 43.2 Å². The van der Waals surface area contributed by atoms with Crippen molar-refractivity contribution in [3.63, 3.8) is 0 Å². The topological polar surface area (TPSA) is 99.3 Å². The fourth-order valence-electron chi connectivity index (χ4n) is 3.41. The maximum Gasteiger partial charge on any atom is 0.221 e. The molecule has 2 aromatic carbocycles. The van der Waals surface area contributed by atoms with Gasteiger partial charge in [0.05, 0.1) is 24.0 Å².